The number of aryl methyl sites for hydroxylation is 2. The molecular formula is C25H27IO2. The number of aliphatic hydroxyl groups is 1. The van der Waals surface area contributed by atoms with Crippen LogP contribution in [0.3, 0.4) is 0 Å². The van der Waals surface area contributed by atoms with E-state index in [-0.39, 0.29) is 5.92 Å². The molecule has 1 aliphatic carbocycles. The smallest absolute Gasteiger partial charge is 0.118 e. The van der Waals surface area contributed by atoms with Gasteiger partial charge in [0.05, 0.1) is 7.11 Å². The number of allylic oxidation sites excluding steroid dienone is 5. The molecule has 2 unspecified atom stereocenters. The van der Waals surface area contributed by atoms with Crippen molar-refractivity contribution in [1.29, 1.82) is 0 Å². The molecule has 146 valence electrons. The molecule has 1 N–H and O–H groups in total. The summed E-state index contributed by atoms with van der Waals surface area (Å²) in [7, 11) is 1.68. The number of benzene rings is 2. The summed E-state index contributed by atoms with van der Waals surface area (Å²) in [5.41, 5.74) is 4.91. The van der Waals surface area contributed by atoms with Crippen LogP contribution < -0.4 is 4.74 Å². The number of aliphatic hydroxyl groups excluding tert-OH is 1. The SMILES string of the molecule is CCc1ccc(CCC2=C(O)C=CC(C(I)c3ccc(OC)cc3)C=C2)cc1. The lowest BCUT2D eigenvalue weighted by molar-refractivity contribution is 0.414. The van der Waals surface area contributed by atoms with E-state index < -0.39 is 0 Å². The zero-order valence-corrected chi connectivity index (χ0v) is 18.6. The van der Waals surface area contributed by atoms with Gasteiger partial charge < -0.3 is 9.84 Å². The molecule has 2 aromatic carbocycles. The average Bonchev–Trinajstić information content (AvgIpc) is 2.93. The molecule has 0 aliphatic heterocycles. The van der Waals surface area contributed by atoms with Gasteiger partial charge in [-0.3, -0.25) is 0 Å². The van der Waals surface area contributed by atoms with Gasteiger partial charge in [0.25, 0.3) is 0 Å². The van der Waals surface area contributed by atoms with Crippen molar-refractivity contribution in [2.75, 3.05) is 7.11 Å². The third-order valence-electron chi connectivity index (χ3n) is 5.21. The number of hydrogen-bond donors (Lipinski definition) is 1. The van der Waals surface area contributed by atoms with E-state index in [4.69, 9.17) is 4.74 Å². The normalized spacial score (nSPS) is 17.5. The van der Waals surface area contributed by atoms with Gasteiger partial charge in [-0.2, -0.15) is 0 Å². The highest BCUT2D eigenvalue weighted by atomic mass is 127. The monoisotopic (exact) mass is 486 g/mol. The van der Waals surface area contributed by atoms with Crippen LogP contribution in [0.2, 0.25) is 0 Å². The largest absolute Gasteiger partial charge is 0.508 e. The molecule has 2 atom stereocenters. The van der Waals surface area contributed by atoms with Gasteiger partial charge in [-0.25, -0.2) is 0 Å². The van der Waals surface area contributed by atoms with E-state index in [1.807, 2.05) is 18.2 Å². The summed E-state index contributed by atoms with van der Waals surface area (Å²) in [6.45, 7) is 2.17. The number of alkyl halides is 1. The predicted molar refractivity (Wildman–Crippen MR) is 125 cm³/mol. The summed E-state index contributed by atoms with van der Waals surface area (Å²) in [4.78, 5) is 0. The van der Waals surface area contributed by atoms with Crippen LogP contribution in [0.15, 0.2) is 84.2 Å². The number of ether oxygens (including phenoxy) is 1. The van der Waals surface area contributed by atoms with Crippen molar-refractivity contribution < 1.29 is 9.84 Å². The van der Waals surface area contributed by atoms with Crippen molar-refractivity contribution in [3.8, 4) is 5.75 Å². The van der Waals surface area contributed by atoms with Crippen LogP contribution in [0.5, 0.6) is 5.75 Å². The molecular weight excluding hydrogens is 459 g/mol. The van der Waals surface area contributed by atoms with Crippen molar-refractivity contribution in [2.24, 2.45) is 5.92 Å². The molecule has 2 aromatic rings. The Morgan fingerprint density at radius 2 is 1.57 bits per heavy atom. The fourth-order valence-electron chi connectivity index (χ4n) is 3.32. The lowest BCUT2D eigenvalue weighted by atomic mass is 9.98. The predicted octanol–water partition coefficient (Wildman–Crippen LogP) is 6.92. The second kappa shape index (κ2) is 9.97. The average molecular weight is 486 g/mol. The van der Waals surface area contributed by atoms with E-state index in [1.165, 1.54) is 16.7 Å². The van der Waals surface area contributed by atoms with Gasteiger partial charge >= 0.3 is 0 Å². The number of halogens is 1. The summed E-state index contributed by atoms with van der Waals surface area (Å²) in [5.74, 6) is 1.48. The summed E-state index contributed by atoms with van der Waals surface area (Å²) in [5, 5.41) is 10.5. The quantitative estimate of drug-likeness (QED) is 0.340. The van der Waals surface area contributed by atoms with Gasteiger partial charge in [0.1, 0.15) is 11.5 Å². The summed E-state index contributed by atoms with van der Waals surface area (Å²) >= 11 is 2.48. The van der Waals surface area contributed by atoms with Gasteiger partial charge in [-0.1, -0.05) is 84.1 Å². The van der Waals surface area contributed by atoms with Crippen LogP contribution in [0, 0.1) is 5.92 Å². The molecule has 1 aliphatic rings. The van der Waals surface area contributed by atoms with Crippen molar-refractivity contribution in [1.82, 2.24) is 0 Å². The van der Waals surface area contributed by atoms with Gasteiger partial charge in [0.15, 0.2) is 0 Å². The maximum atomic E-state index is 10.5. The maximum absolute atomic E-state index is 10.5. The maximum Gasteiger partial charge on any atom is 0.118 e. The second-order valence-corrected chi connectivity index (χ2v) is 8.39. The first kappa shape index (κ1) is 20.7. The Morgan fingerprint density at radius 3 is 2.21 bits per heavy atom. The molecule has 0 bridgehead atoms. The molecule has 0 amide bonds. The number of hydrogen-bond acceptors (Lipinski definition) is 2. The number of methoxy groups -OCH3 is 1. The molecule has 3 rings (SSSR count). The highest BCUT2D eigenvalue weighted by molar-refractivity contribution is 14.1. The summed E-state index contributed by atoms with van der Waals surface area (Å²) in [6, 6.07) is 17.0. The van der Waals surface area contributed by atoms with Crippen molar-refractivity contribution in [3.05, 3.63) is 101 Å². The van der Waals surface area contributed by atoms with Gasteiger partial charge in [-0.15, -0.1) is 0 Å². The van der Waals surface area contributed by atoms with Crippen LogP contribution in [0.25, 0.3) is 0 Å². The van der Waals surface area contributed by atoms with Crippen LogP contribution >= 0.6 is 22.6 Å². The molecule has 0 saturated heterocycles. The van der Waals surface area contributed by atoms with Crippen LogP contribution in [-0.2, 0) is 12.8 Å². The fourth-order valence-corrected chi connectivity index (χ4v) is 4.22. The first-order chi connectivity index (χ1) is 13.6. The molecule has 0 heterocycles. The zero-order valence-electron chi connectivity index (χ0n) is 16.4. The van der Waals surface area contributed by atoms with Crippen molar-refractivity contribution in [3.63, 3.8) is 0 Å². The second-order valence-electron chi connectivity index (χ2n) is 7.05. The van der Waals surface area contributed by atoms with Crippen molar-refractivity contribution in [2.45, 2.75) is 30.1 Å². The lowest BCUT2D eigenvalue weighted by Gasteiger charge is -2.16. The molecule has 3 heteroatoms. The molecule has 0 spiro atoms. The lowest BCUT2D eigenvalue weighted by Crippen LogP contribution is -2.01. The van der Waals surface area contributed by atoms with E-state index in [2.05, 4.69) is 84.1 Å². The van der Waals surface area contributed by atoms with E-state index in [0.717, 1.165) is 30.6 Å². The molecule has 2 nitrogen and oxygen atoms in total. The molecule has 0 saturated carbocycles. The Balaban J connectivity index is 1.65. The van der Waals surface area contributed by atoms with Crippen molar-refractivity contribution >= 4 is 22.6 Å². The minimum absolute atomic E-state index is 0.234. The summed E-state index contributed by atoms with van der Waals surface area (Å²) in [6.07, 6.45) is 11.1. The minimum Gasteiger partial charge on any atom is -0.508 e. The Kier molecular flexibility index (Phi) is 7.37. The van der Waals surface area contributed by atoms with E-state index in [9.17, 15) is 5.11 Å². The van der Waals surface area contributed by atoms with Crippen LogP contribution in [0.4, 0.5) is 0 Å². The highest BCUT2D eigenvalue weighted by Gasteiger charge is 2.18. The van der Waals surface area contributed by atoms with Gasteiger partial charge in [-0.05, 0) is 59.7 Å². The molecule has 0 aromatic heterocycles. The first-order valence-electron chi connectivity index (χ1n) is 9.75. The van der Waals surface area contributed by atoms with Gasteiger partial charge in [0.2, 0.25) is 0 Å². The molecule has 0 fully saturated rings. The standard InChI is InChI=1S/C25H27IO2/c1-3-18-4-6-19(7-5-18)8-9-20-10-11-21(14-17-24(20)27)25(26)22-12-15-23(28-2)16-13-22/h4-7,10-17,21,25,27H,3,8-9H2,1-2H3. The molecule has 0 radical (unpaired) electrons. The van der Waals surface area contributed by atoms with Crippen LogP contribution in [-0.4, -0.2) is 12.2 Å². The Bertz CT molecular complexity index is 860. The fraction of sp³-hybridized carbons (Fsp3) is 0.280. The molecule has 28 heavy (non-hydrogen) atoms. The summed E-state index contributed by atoms with van der Waals surface area (Å²) < 4.78 is 5.54. The third-order valence-corrected chi connectivity index (χ3v) is 6.76. The van der Waals surface area contributed by atoms with Crippen LogP contribution in [0.1, 0.15) is 34.0 Å². The Morgan fingerprint density at radius 1 is 0.929 bits per heavy atom. The minimum atomic E-state index is 0.234. The Labute approximate surface area is 181 Å². The Hall–Kier alpha value is -2.01. The first-order valence-corrected chi connectivity index (χ1v) is 11.0. The topological polar surface area (TPSA) is 29.5 Å². The van der Waals surface area contributed by atoms with E-state index >= 15 is 0 Å². The van der Waals surface area contributed by atoms with E-state index in [1.54, 1.807) is 7.11 Å². The third kappa shape index (κ3) is 5.28. The van der Waals surface area contributed by atoms with Gasteiger partial charge in [0, 0.05) is 9.84 Å². The zero-order chi connectivity index (χ0) is 19.9. The van der Waals surface area contributed by atoms with E-state index in [0.29, 0.717) is 9.68 Å². The number of rotatable bonds is 7. The highest BCUT2D eigenvalue weighted by Crippen LogP contribution is 2.36.